The standard InChI is InChI=1S/C15H14F3N3O3S/c1-25(23,24)20-14(22)12-8-19-21(13(12)9-5-6-9)11-4-2-3-10(7-11)15(16,17)18/h2-4,7-9H,5-6H2,1H3,(H,20,22). The Kier molecular flexibility index (Phi) is 4.10. The summed E-state index contributed by atoms with van der Waals surface area (Å²) in [5.41, 5.74) is -0.203. The number of benzene rings is 1. The molecule has 1 aromatic heterocycles. The van der Waals surface area contributed by atoms with E-state index < -0.39 is 27.7 Å². The molecule has 0 bridgehead atoms. The number of halogens is 3. The van der Waals surface area contributed by atoms with E-state index in [4.69, 9.17) is 0 Å². The van der Waals surface area contributed by atoms with Gasteiger partial charge in [0.2, 0.25) is 10.0 Å². The second-order valence-electron chi connectivity index (χ2n) is 5.88. The summed E-state index contributed by atoms with van der Waals surface area (Å²) in [7, 11) is -3.76. The van der Waals surface area contributed by atoms with E-state index in [9.17, 15) is 26.4 Å². The third kappa shape index (κ3) is 3.84. The summed E-state index contributed by atoms with van der Waals surface area (Å²) in [6.45, 7) is 0. The Morgan fingerprint density at radius 2 is 2.00 bits per heavy atom. The van der Waals surface area contributed by atoms with E-state index in [0.717, 1.165) is 31.2 Å². The highest BCUT2D eigenvalue weighted by Gasteiger charge is 2.35. The molecule has 134 valence electrons. The average molecular weight is 373 g/mol. The summed E-state index contributed by atoms with van der Waals surface area (Å²) >= 11 is 0. The fourth-order valence-corrected chi connectivity index (χ4v) is 2.97. The summed E-state index contributed by atoms with van der Waals surface area (Å²) in [4.78, 5) is 12.2. The molecule has 2 aromatic rings. The predicted octanol–water partition coefficient (Wildman–Crippen LogP) is 2.46. The normalized spacial score (nSPS) is 15.2. The van der Waals surface area contributed by atoms with Crippen LogP contribution in [0, 0.1) is 0 Å². The summed E-state index contributed by atoms with van der Waals surface area (Å²) in [6, 6.07) is 4.59. The van der Waals surface area contributed by atoms with Gasteiger partial charge in [0.1, 0.15) is 0 Å². The molecule has 1 fully saturated rings. The Morgan fingerprint density at radius 1 is 1.32 bits per heavy atom. The number of nitrogens with one attached hydrogen (secondary N) is 1. The van der Waals surface area contributed by atoms with Gasteiger partial charge in [0.05, 0.1) is 35.0 Å². The van der Waals surface area contributed by atoms with E-state index >= 15 is 0 Å². The summed E-state index contributed by atoms with van der Waals surface area (Å²) in [5.74, 6) is -0.889. The number of aromatic nitrogens is 2. The lowest BCUT2D eigenvalue weighted by atomic mass is 10.1. The van der Waals surface area contributed by atoms with Crippen LogP contribution in [0.3, 0.4) is 0 Å². The van der Waals surface area contributed by atoms with Gasteiger partial charge >= 0.3 is 6.18 Å². The third-order valence-electron chi connectivity index (χ3n) is 3.71. The van der Waals surface area contributed by atoms with Gasteiger partial charge < -0.3 is 0 Å². The van der Waals surface area contributed by atoms with E-state index in [0.29, 0.717) is 5.69 Å². The number of rotatable bonds is 4. The van der Waals surface area contributed by atoms with Crippen LogP contribution >= 0.6 is 0 Å². The first-order valence-corrected chi connectivity index (χ1v) is 9.23. The topological polar surface area (TPSA) is 81.1 Å². The van der Waals surface area contributed by atoms with Crippen molar-refractivity contribution in [3.8, 4) is 5.69 Å². The number of carbonyl (C=O) groups excluding carboxylic acids is 1. The molecule has 0 radical (unpaired) electrons. The van der Waals surface area contributed by atoms with Gasteiger partial charge in [0.15, 0.2) is 0 Å². The van der Waals surface area contributed by atoms with Crippen molar-refractivity contribution >= 4 is 15.9 Å². The first-order valence-electron chi connectivity index (χ1n) is 7.34. The first-order chi connectivity index (χ1) is 11.6. The number of nitrogens with zero attached hydrogens (tertiary/aromatic N) is 2. The molecule has 1 amide bonds. The van der Waals surface area contributed by atoms with Crippen LogP contribution in [-0.2, 0) is 16.2 Å². The Morgan fingerprint density at radius 3 is 2.56 bits per heavy atom. The maximum absolute atomic E-state index is 12.9. The second kappa shape index (κ2) is 5.87. The molecule has 1 aliphatic rings. The second-order valence-corrected chi connectivity index (χ2v) is 7.63. The zero-order valence-electron chi connectivity index (χ0n) is 13.0. The predicted molar refractivity (Wildman–Crippen MR) is 82.9 cm³/mol. The molecule has 0 saturated heterocycles. The van der Waals surface area contributed by atoms with Crippen molar-refractivity contribution in [2.75, 3.05) is 6.26 Å². The quantitative estimate of drug-likeness (QED) is 0.893. The van der Waals surface area contributed by atoms with Gasteiger partial charge in [-0.1, -0.05) is 6.07 Å². The average Bonchev–Trinajstić information content (AvgIpc) is 3.22. The molecule has 0 unspecified atom stereocenters. The van der Waals surface area contributed by atoms with Gasteiger partial charge in [-0.25, -0.2) is 17.8 Å². The summed E-state index contributed by atoms with van der Waals surface area (Å²) < 4.78 is 64.4. The van der Waals surface area contributed by atoms with Crippen molar-refractivity contribution in [3.05, 3.63) is 47.3 Å². The number of hydrogen-bond donors (Lipinski definition) is 1. The molecular formula is C15H14F3N3O3S. The highest BCUT2D eigenvalue weighted by Crippen LogP contribution is 2.42. The first kappa shape index (κ1) is 17.5. The van der Waals surface area contributed by atoms with Crippen molar-refractivity contribution in [3.63, 3.8) is 0 Å². The van der Waals surface area contributed by atoms with Crippen LogP contribution in [-0.4, -0.2) is 30.4 Å². The minimum absolute atomic E-state index is 0.0441. The van der Waals surface area contributed by atoms with Gasteiger partial charge in [-0.05, 0) is 31.0 Å². The SMILES string of the molecule is CS(=O)(=O)NC(=O)c1cnn(-c2cccc(C(F)(F)F)c2)c1C1CC1. The Labute approximate surface area is 141 Å². The van der Waals surface area contributed by atoms with E-state index in [2.05, 4.69) is 5.10 Å². The smallest absolute Gasteiger partial charge is 0.268 e. The van der Waals surface area contributed by atoms with Crippen LogP contribution in [0.5, 0.6) is 0 Å². The minimum Gasteiger partial charge on any atom is -0.268 e. The molecular weight excluding hydrogens is 359 g/mol. The van der Waals surface area contributed by atoms with Crippen LogP contribution in [0.25, 0.3) is 5.69 Å². The van der Waals surface area contributed by atoms with Crippen molar-refractivity contribution in [1.82, 2.24) is 14.5 Å². The molecule has 1 saturated carbocycles. The fraction of sp³-hybridized carbons (Fsp3) is 0.333. The Bertz CT molecular complexity index is 931. The molecule has 1 heterocycles. The molecule has 0 aliphatic heterocycles. The number of carbonyl (C=O) groups is 1. The molecule has 3 rings (SSSR count). The van der Waals surface area contributed by atoms with E-state index in [1.807, 2.05) is 4.72 Å². The molecule has 1 aromatic carbocycles. The lowest BCUT2D eigenvalue weighted by molar-refractivity contribution is -0.137. The van der Waals surface area contributed by atoms with Gasteiger partial charge in [-0.2, -0.15) is 18.3 Å². The van der Waals surface area contributed by atoms with Gasteiger partial charge in [-0.3, -0.25) is 4.79 Å². The lowest BCUT2D eigenvalue weighted by Crippen LogP contribution is -2.29. The van der Waals surface area contributed by atoms with Crippen LogP contribution < -0.4 is 4.72 Å². The highest BCUT2D eigenvalue weighted by atomic mass is 32.2. The zero-order valence-corrected chi connectivity index (χ0v) is 13.9. The molecule has 6 nitrogen and oxygen atoms in total. The highest BCUT2D eigenvalue weighted by molar-refractivity contribution is 7.89. The summed E-state index contributed by atoms with van der Waals surface area (Å²) in [6.07, 6.45) is -0.972. The molecule has 1 aliphatic carbocycles. The fourth-order valence-electron chi connectivity index (χ4n) is 2.53. The van der Waals surface area contributed by atoms with E-state index in [-0.39, 0.29) is 17.2 Å². The largest absolute Gasteiger partial charge is 0.416 e. The van der Waals surface area contributed by atoms with Crippen molar-refractivity contribution < 1.29 is 26.4 Å². The molecule has 0 spiro atoms. The Balaban J connectivity index is 2.05. The van der Waals surface area contributed by atoms with E-state index in [1.165, 1.54) is 23.0 Å². The maximum Gasteiger partial charge on any atom is 0.416 e. The number of hydrogen-bond acceptors (Lipinski definition) is 4. The molecule has 1 N–H and O–H groups in total. The van der Waals surface area contributed by atoms with Crippen molar-refractivity contribution in [1.29, 1.82) is 0 Å². The minimum atomic E-state index is -4.50. The maximum atomic E-state index is 12.9. The van der Waals surface area contributed by atoms with Crippen molar-refractivity contribution in [2.45, 2.75) is 24.9 Å². The number of amides is 1. The summed E-state index contributed by atoms with van der Waals surface area (Å²) in [5, 5.41) is 4.02. The van der Waals surface area contributed by atoms with Crippen LogP contribution in [0.15, 0.2) is 30.5 Å². The molecule has 25 heavy (non-hydrogen) atoms. The molecule has 0 atom stereocenters. The van der Waals surface area contributed by atoms with Gasteiger partial charge in [0.25, 0.3) is 5.91 Å². The van der Waals surface area contributed by atoms with E-state index in [1.54, 1.807) is 0 Å². The van der Waals surface area contributed by atoms with Crippen molar-refractivity contribution in [2.24, 2.45) is 0 Å². The number of alkyl halides is 3. The van der Waals surface area contributed by atoms with Crippen LogP contribution in [0.2, 0.25) is 0 Å². The monoisotopic (exact) mass is 373 g/mol. The molecule has 10 heteroatoms. The Hall–Kier alpha value is -2.36. The van der Waals surface area contributed by atoms with Crippen LogP contribution in [0.4, 0.5) is 13.2 Å². The number of sulfonamides is 1. The van der Waals surface area contributed by atoms with Gasteiger partial charge in [0, 0.05) is 5.92 Å². The van der Waals surface area contributed by atoms with Gasteiger partial charge in [-0.15, -0.1) is 0 Å². The van der Waals surface area contributed by atoms with Crippen LogP contribution in [0.1, 0.15) is 40.4 Å². The lowest BCUT2D eigenvalue weighted by Gasteiger charge is -2.12. The third-order valence-corrected chi connectivity index (χ3v) is 4.27. The zero-order chi connectivity index (χ0) is 18.4.